The number of rotatable bonds is 9. The molecule has 0 amide bonds. The van der Waals surface area contributed by atoms with Crippen LogP contribution in [0.3, 0.4) is 0 Å². The van der Waals surface area contributed by atoms with Gasteiger partial charge in [-0.1, -0.05) is 0 Å². The van der Waals surface area contributed by atoms with Crippen molar-refractivity contribution in [2.24, 2.45) is 0 Å². The normalized spacial score (nSPS) is 9.42. The molecule has 0 atom stereocenters. The zero-order chi connectivity index (χ0) is 26.7. The Kier molecular flexibility index (Phi) is 43.6. The van der Waals surface area contributed by atoms with Crippen LogP contribution < -0.4 is 0 Å². The van der Waals surface area contributed by atoms with Crippen molar-refractivity contribution < 1.29 is 48.3 Å². The van der Waals surface area contributed by atoms with Crippen molar-refractivity contribution in [3.63, 3.8) is 0 Å². The molecule has 0 aliphatic carbocycles. The van der Waals surface area contributed by atoms with Crippen LogP contribution >= 0.6 is 0 Å². The molecule has 0 aliphatic heterocycles. The van der Waals surface area contributed by atoms with Crippen LogP contribution in [0.5, 0.6) is 0 Å². The molecule has 0 heterocycles. The number of ether oxygens (including phenoxy) is 1. The van der Waals surface area contributed by atoms with Gasteiger partial charge in [0.25, 0.3) is 0 Å². The minimum absolute atomic E-state index is 0.279. The van der Waals surface area contributed by atoms with Gasteiger partial charge in [-0.15, -0.1) is 0 Å². The zero-order valence-corrected chi connectivity index (χ0v) is 21.9. The van der Waals surface area contributed by atoms with E-state index in [4.69, 9.17) is 32.4 Å². The molecule has 0 unspecified atom stereocenters. The summed E-state index contributed by atoms with van der Waals surface area (Å²) in [5.41, 5.74) is 1.26. The van der Waals surface area contributed by atoms with E-state index in [0.29, 0.717) is 6.61 Å². The van der Waals surface area contributed by atoms with Crippen LogP contribution in [0, 0.1) is 33.3 Å². The first kappa shape index (κ1) is 43.6. The molecule has 0 aromatic rings. The van der Waals surface area contributed by atoms with Crippen LogP contribution in [0.4, 0.5) is 0 Å². The Labute approximate surface area is 197 Å². The van der Waals surface area contributed by atoms with E-state index in [0.717, 1.165) is 24.0 Å². The maximum absolute atomic E-state index is 7.50. The third kappa shape index (κ3) is 28.8. The van der Waals surface area contributed by atoms with E-state index in [9.17, 15) is 0 Å². The Morgan fingerprint density at radius 2 is 1.32 bits per heavy atom. The fourth-order valence-electron chi connectivity index (χ4n) is 1.54. The number of allylic oxidation sites excluding steroid dienone is 1. The van der Waals surface area contributed by atoms with Crippen LogP contribution in [0.15, 0.2) is 11.8 Å². The van der Waals surface area contributed by atoms with Gasteiger partial charge in [-0.3, -0.25) is 0 Å². The number of nitrogens with zero attached hydrogens (tertiary/aromatic N) is 1. The van der Waals surface area contributed by atoms with Crippen LogP contribution in [0.1, 0.15) is 40.5 Å². The summed E-state index contributed by atoms with van der Waals surface area (Å²) in [7, 11) is 2.52. The molecule has 0 saturated carbocycles. The molecule has 31 heavy (non-hydrogen) atoms. The quantitative estimate of drug-likeness (QED) is 0.211. The molecular formula is C21H33CrNO7Si. The first-order chi connectivity index (χ1) is 14.5. The average molecular weight is 492 g/mol. The standard InChI is InChI=1S/C16H33NO2Si.5CO.Cr/c1-9-18-14-12-15(17(5)6)11-10-13-19-20(7,8)16(2,3)4;5*1-2;/h12H,9-11,13H2,1-8H3;;;;;;/b15-12+;;;;;;. The molecule has 0 fully saturated rings. The molecule has 0 bridgehead atoms. The Hall–Kier alpha value is -1.22. The van der Waals surface area contributed by atoms with E-state index >= 15 is 0 Å². The summed E-state index contributed by atoms with van der Waals surface area (Å²) in [6.07, 6.45) is 4.12. The zero-order valence-electron chi connectivity index (χ0n) is 19.6. The van der Waals surface area contributed by atoms with Gasteiger partial charge in [-0.05, 0) is 0 Å². The molecule has 0 radical (unpaired) electrons. The Bertz CT molecular complexity index is 522. The van der Waals surface area contributed by atoms with Crippen molar-refractivity contribution in [2.75, 3.05) is 27.3 Å². The van der Waals surface area contributed by atoms with Gasteiger partial charge in [0, 0.05) is 0 Å². The summed E-state index contributed by atoms with van der Waals surface area (Å²) in [6.45, 7) is 37.5. The summed E-state index contributed by atoms with van der Waals surface area (Å²) in [5.74, 6) is 0. The second kappa shape index (κ2) is 31.0. The SMILES string of the molecule is CCO[C](=[Cr])/C=C(\CCCO[Si](C)(C)C(C)(C)C)N(C)C.[C-]#[O+].[C-]#[O+].[C-]#[O+].[C-]#[O+].[C-]#[O+]. The molecule has 0 N–H and O–H groups in total. The van der Waals surface area contributed by atoms with Crippen LogP contribution in [0.2, 0.25) is 18.1 Å². The van der Waals surface area contributed by atoms with E-state index in [-0.39, 0.29) is 5.04 Å². The molecule has 174 valence electrons. The Morgan fingerprint density at radius 1 is 0.935 bits per heavy atom. The second-order valence-electron chi connectivity index (χ2n) is 6.99. The van der Waals surface area contributed by atoms with Gasteiger partial charge in [0.1, 0.15) is 0 Å². The molecule has 8 nitrogen and oxygen atoms in total. The Morgan fingerprint density at radius 3 is 1.61 bits per heavy atom. The molecule has 0 spiro atoms. The summed E-state index contributed by atoms with van der Waals surface area (Å²) in [6, 6.07) is 0. The molecule has 0 aliphatic rings. The predicted molar refractivity (Wildman–Crippen MR) is 110 cm³/mol. The molecule has 0 aromatic carbocycles. The van der Waals surface area contributed by atoms with Crippen molar-refractivity contribution in [2.45, 2.75) is 58.7 Å². The van der Waals surface area contributed by atoms with E-state index < -0.39 is 8.32 Å². The van der Waals surface area contributed by atoms with Crippen molar-refractivity contribution in [1.29, 1.82) is 0 Å². The first-order valence-corrected chi connectivity index (χ1v) is 12.3. The summed E-state index contributed by atoms with van der Waals surface area (Å²) in [4.78, 5) is 2.14. The summed E-state index contributed by atoms with van der Waals surface area (Å²) >= 11 is 2.96. The second-order valence-corrected chi connectivity index (χ2v) is 12.4. The fourth-order valence-corrected chi connectivity index (χ4v) is 3.03. The third-order valence-electron chi connectivity index (χ3n) is 3.99. The topological polar surface area (TPSA) is 121 Å². The van der Waals surface area contributed by atoms with E-state index in [1.54, 1.807) is 0 Å². The summed E-state index contributed by atoms with van der Waals surface area (Å²) < 4.78 is 50.0. The Balaban J connectivity index is -0.000000136. The van der Waals surface area contributed by atoms with Gasteiger partial charge in [0.05, 0.1) is 0 Å². The van der Waals surface area contributed by atoms with Crippen molar-refractivity contribution in [1.82, 2.24) is 4.90 Å². The third-order valence-corrected chi connectivity index (χ3v) is 8.90. The molecule has 0 aromatic heterocycles. The fraction of sp³-hybridized carbons (Fsp3) is 0.619. The molecular weight excluding hydrogens is 458 g/mol. The molecule has 10 heteroatoms. The van der Waals surface area contributed by atoms with Gasteiger partial charge in [0.15, 0.2) is 0 Å². The molecule has 0 saturated heterocycles. The first-order valence-electron chi connectivity index (χ1n) is 8.72. The van der Waals surface area contributed by atoms with E-state index in [1.165, 1.54) is 5.70 Å². The van der Waals surface area contributed by atoms with Crippen molar-refractivity contribution in [3.8, 4) is 0 Å². The van der Waals surface area contributed by atoms with Gasteiger partial charge in [0.2, 0.25) is 0 Å². The monoisotopic (exact) mass is 491 g/mol. The minimum atomic E-state index is -1.62. The molecule has 0 rings (SSSR count). The summed E-state index contributed by atoms with van der Waals surface area (Å²) in [5, 5.41) is 0.279. The van der Waals surface area contributed by atoms with Gasteiger partial charge >= 0.3 is 197 Å². The van der Waals surface area contributed by atoms with E-state index in [1.807, 2.05) is 6.92 Å². The van der Waals surface area contributed by atoms with Crippen molar-refractivity contribution in [3.05, 3.63) is 45.0 Å². The van der Waals surface area contributed by atoms with Gasteiger partial charge < -0.3 is 0 Å². The van der Waals surface area contributed by atoms with E-state index in [2.05, 4.69) is 108 Å². The average Bonchev–Trinajstić information content (AvgIpc) is 2.76. The number of hydrogen-bond acceptors (Lipinski definition) is 3. The predicted octanol–water partition coefficient (Wildman–Crippen LogP) is 3.76. The van der Waals surface area contributed by atoms with Crippen LogP contribution in [-0.4, -0.2) is 45.1 Å². The number of hydrogen-bond donors (Lipinski definition) is 0. The van der Waals surface area contributed by atoms with Crippen LogP contribution in [-0.2, 0) is 48.3 Å². The van der Waals surface area contributed by atoms with Crippen LogP contribution in [0.25, 0.3) is 0 Å². The van der Waals surface area contributed by atoms with Crippen molar-refractivity contribution >= 4 is 12.9 Å². The van der Waals surface area contributed by atoms with Gasteiger partial charge in [-0.2, -0.15) is 0 Å². The maximum atomic E-state index is 7.50. The van der Waals surface area contributed by atoms with Gasteiger partial charge in [-0.25, -0.2) is 0 Å².